The van der Waals surface area contributed by atoms with E-state index in [0.717, 1.165) is 22.3 Å². The van der Waals surface area contributed by atoms with Crippen molar-refractivity contribution in [1.29, 1.82) is 0 Å². The number of nitrogens with two attached hydrogens (primary N) is 1. The molecule has 3 nitrogen and oxygen atoms in total. The van der Waals surface area contributed by atoms with E-state index in [0.29, 0.717) is 12.3 Å². The summed E-state index contributed by atoms with van der Waals surface area (Å²) in [5.41, 5.74) is 10.3. The molecule has 136 valence electrons. The Kier molecular flexibility index (Phi) is 6.29. The van der Waals surface area contributed by atoms with Crippen molar-refractivity contribution in [2.75, 3.05) is 13.2 Å². The third kappa shape index (κ3) is 4.40. The van der Waals surface area contributed by atoms with Crippen molar-refractivity contribution >= 4 is 5.57 Å². The number of aliphatic hydroxyl groups is 1. The standard InChI is InChI=1S/C21H35NO2/c1-13(11-22)17(12-23)14(2)16-9-15(20(3,4)5)10-18(19(16)24)21(6,7)8/h9-10,13,23-24H,11-12,22H2,1-8H3/t13-/m1/s1. The Morgan fingerprint density at radius 1 is 1.08 bits per heavy atom. The number of phenolic OH excluding ortho intramolecular Hbond substituents is 1. The highest BCUT2D eigenvalue weighted by Gasteiger charge is 2.26. The fourth-order valence-corrected chi connectivity index (χ4v) is 2.88. The molecule has 0 fully saturated rings. The first-order valence-electron chi connectivity index (χ1n) is 8.73. The van der Waals surface area contributed by atoms with Crippen molar-refractivity contribution in [1.82, 2.24) is 0 Å². The summed E-state index contributed by atoms with van der Waals surface area (Å²) in [4.78, 5) is 0. The van der Waals surface area contributed by atoms with Crippen LogP contribution in [0.2, 0.25) is 0 Å². The molecule has 3 heteroatoms. The second-order valence-corrected chi connectivity index (χ2v) is 8.87. The van der Waals surface area contributed by atoms with E-state index >= 15 is 0 Å². The Labute approximate surface area is 147 Å². The van der Waals surface area contributed by atoms with Crippen LogP contribution in [0.15, 0.2) is 17.7 Å². The van der Waals surface area contributed by atoms with Crippen LogP contribution in [0.25, 0.3) is 5.57 Å². The number of hydrogen-bond acceptors (Lipinski definition) is 3. The zero-order chi connectivity index (χ0) is 18.9. The summed E-state index contributed by atoms with van der Waals surface area (Å²) in [7, 11) is 0. The van der Waals surface area contributed by atoms with Crippen molar-refractivity contribution in [2.45, 2.75) is 66.2 Å². The largest absolute Gasteiger partial charge is 0.507 e. The first-order valence-corrected chi connectivity index (χ1v) is 8.73. The van der Waals surface area contributed by atoms with E-state index in [1.807, 2.05) is 13.8 Å². The van der Waals surface area contributed by atoms with Gasteiger partial charge in [-0.3, -0.25) is 0 Å². The number of aliphatic hydroxyl groups excluding tert-OH is 1. The van der Waals surface area contributed by atoms with Crippen LogP contribution < -0.4 is 5.73 Å². The number of aromatic hydroxyl groups is 1. The van der Waals surface area contributed by atoms with E-state index in [4.69, 9.17) is 5.73 Å². The van der Waals surface area contributed by atoms with Crippen molar-refractivity contribution in [2.24, 2.45) is 11.7 Å². The maximum atomic E-state index is 10.9. The predicted molar refractivity (Wildman–Crippen MR) is 103 cm³/mol. The lowest BCUT2D eigenvalue weighted by atomic mass is 9.77. The first-order chi connectivity index (χ1) is 10.8. The smallest absolute Gasteiger partial charge is 0.126 e. The average Bonchev–Trinajstić information content (AvgIpc) is 2.45. The molecule has 0 aliphatic rings. The van der Waals surface area contributed by atoms with Crippen LogP contribution in [0.3, 0.4) is 0 Å². The summed E-state index contributed by atoms with van der Waals surface area (Å²) < 4.78 is 0. The first kappa shape index (κ1) is 20.7. The molecule has 0 bridgehead atoms. The highest BCUT2D eigenvalue weighted by molar-refractivity contribution is 5.74. The predicted octanol–water partition coefficient (Wildman–Crippen LogP) is 4.35. The lowest BCUT2D eigenvalue weighted by Gasteiger charge is -2.28. The van der Waals surface area contributed by atoms with Gasteiger partial charge in [-0.05, 0) is 53.0 Å². The second-order valence-electron chi connectivity index (χ2n) is 8.87. The van der Waals surface area contributed by atoms with Gasteiger partial charge < -0.3 is 15.9 Å². The molecule has 1 atom stereocenters. The molecule has 0 amide bonds. The van der Waals surface area contributed by atoms with Gasteiger partial charge in [0.25, 0.3) is 0 Å². The Morgan fingerprint density at radius 2 is 1.62 bits per heavy atom. The van der Waals surface area contributed by atoms with Crippen molar-refractivity contribution < 1.29 is 10.2 Å². The molecule has 1 aromatic rings. The zero-order valence-electron chi connectivity index (χ0n) is 16.6. The summed E-state index contributed by atoms with van der Waals surface area (Å²) in [5, 5.41) is 20.8. The molecule has 0 radical (unpaired) electrons. The van der Waals surface area contributed by atoms with E-state index in [1.54, 1.807) is 0 Å². The number of phenols is 1. The number of hydrogen-bond donors (Lipinski definition) is 3. The number of allylic oxidation sites excluding steroid dienone is 1. The SMILES string of the molecule is CC(=C(CO)[C@H](C)CN)c1cc(C(C)(C)C)cc(C(C)(C)C)c1O. The van der Waals surface area contributed by atoms with Gasteiger partial charge in [0, 0.05) is 11.1 Å². The molecule has 1 aromatic carbocycles. The molecular formula is C21H35NO2. The monoisotopic (exact) mass is 333 g/mol. The van der Waals surface area contributed by atoms with Crippen LogP contribution in [0.4, 0.5) is 0 Å². The van der Waals surface area contributed by atoms with E-state index in [1.165, 1.54) is 5.56 Å². The molecule has 4 N–H and O–H groups in total. The van der Waals surface area contributed by atoms with Gasteiger partial charge in [0.05, 0.1) is 6.61 Å². The molecule has 0 saturated heterocycles. The van der Waals surface area contributed by atoms with Crippen molar-refractivity contribution in [3.8, 4) is 5.75 Å². The fourth-order valence-electron chi connectivity index (χ4n) is 2.88. The lowest BCUT2D eigenvalue weighted by Crippen LogP contribution is -2.19. The molecule has 0 unspecified atom stereocenters. The van der Waals surface area contributed by atoms with Gasteiger partial charge >= 0.3 is 0 Å². The Balaban J connectivity index is 3.78. The minimum atomic E-state index is -0.167. The second kappa shape index (κ2) is 7.28. The van der Waals surface area contributed by atoms with Gasteiger partial charge in [-0.2, -0.15) is 0 Å². The summed E-state index contributed by atoms with van der Waals surface area (Å²) in [6, 6.07) is 4.16. The molecule has 1 rings (SSSR count). The Bertz CT molecular complexity index is 616. The van der Waals surface area contributed by atoms with Crippen LogP contribution in [0, 0.1) is 5.92 Å². The quantitative estimate of drug-likeness (QED) is 0.767. The Morgan fingerprint density at radius 3 is 2.00 bits per heavy atom. The van der Waals surface area contributed by atoms with E-state index < -0.39 is 0 Å². The van der Waals surface area contributed by atoms with Crippen molar-refractivity contribution in [3.05, 3.63) is 34.4 Å². The number of benzene rings is 1. The van der Waals surface area contributed by atoms with Crippen LogP contribution in [0.5, 0.6) is 5.75 Å². The third-order valence-electron chi connectivity index (χ3n) is 4.79. The van der Waals surface area contributed by atoms with Crippen molar-refractivity contribution in [3.63, 3.8) is 0 Å². The highest BCUT2D eigenvalue weighted by Crippen LogP contribution is 2.41. The minimum Gasteiger partial charge on any atom is -0.507 e. The zero-order valence-corrected chi connectivity index (χ0v) is 16.6. The van der Waals surface area contributed by atoms with Crippen LogP contribution in [-0.2, 0) is 10.8 Å². The highest BCUT2D eigenvalue weighted by atomic mass is 16.3. The molecule has 0 spiro atoms. The molecule has 0 aliphatic heterocycles. The van der Waals surface area contributed by atoms with Crippen LogP contribution in [0.1, 0.15) is 72.1 Å². The van der Waals surface area contributed by atoms with Gasteiger partial charge in [0.2, 0.25) is 0 Å². The summed E-state index contributed by atoms with van der Waals surface area (Å²) >= 11 is 0. The minimum absolute atomic E-state index is 0.0262. The molecule has 0 aromatic heterocycles. The van der Waals surface area contributed by atoms with Gasteiger partial charge in [-0.15, -0.1) is 0 Å². The average molecular weight is 334 g/mol. The van der Waals surface area contributed by atoms with Crippen LogP contribution >= 0.6 is 0 Å². The number of rotatable bonds is 4. The molecule has 24 heavy (non-hydrogen) atoms. The molecule has 0 aliphatic carbocycles. The van der Waals surface area contributed by atoms with Gasteiger partial charge in [0.1, 0.15) is 5.75 Å². The summed E-state index contributed by atoms with van der Waals surface area (Å²) in [6.07, 6.45) is 0. The summed E-state index contributed by atoms with van der Waals surface area (Å²) in [6.45, 7) is 17.2. The fraction of sp³-hybridized carbons (Fsp3) is 0.619. The lowest BCUT2D eigenvalue weighted by molar-refractivity contribution is 0.317. The van der Waals surface area contributed by atoms with E-state index in [-0.39, 0.29) is 23.4 Å². The van der Waals surface area contributed by atoms with E-state index in [2.05, 4.69) is 53.7 Å². The normalized spacial score (nSPS) is 15.2. The molecule has 0 saturated carbocycles. The third-order valence-corrected chi connectivity index (χ3v) is 4.79. The van der Waals surface area contributed by atoms with Crippen LogP contribution in [-0.4, -0.2) is 23.4 Å². The van der Waals surface area contributed by atoms with Gasteiger partial charge in [-0.1, -0.05) is 54.5 Å². The summed E-state index contributed by atoms with van der Waals surface area (Å²) in [5.74, 6) is 0.383. The van der Waals surface area contributed by atoms with Gasteiger partial charge in [-0.25, -0.2) is 0 Å². The maximum Gasteiger partial charge on any atom is 0.126 e. The molecular weight excluding hydrogens is 298 g/mol. The molecule has 0 heterocycles. The topological polar surface area (TPSA) is 66.5 Å². The Hall–Kier alpha value is -1.32. The van der Waals surface area contributed by atoms with Gasteiger partial charge in [0.15, 0.2) is 0 Å². The maximum absolute atomic E-state index is 10.9. The van der Waals surface area contributed by atoms with E-state index in [9.17, 15) is 10.2 Å².